The first-order valence-electron chi connectivity index (χ1n) is 6.12. The maximum absolute atomic E-state index is 11.0. The topological polar surface area (TPSA) is 128 Å². The molecule has 0 aliphatic rings. The Bertz CT molecular complexity index is 649. The van der Waals surface area contributed by atoms with E-state index in [0.717, 1.165) is 6.20 Å². The highest BCUT2D eigenvalue weighted by Gasteiger charge is 2.18. The minimum atomic E-state index is -0.577. The van der Waals surface area contributed by atoms with Crippen molar-refractivity contribution in [2.75, 3.05) is 17.3 Å². The Morgan fingerprint density at radius 1 is 1.43 bits per heavy atom. The van der Waals surface area contributed by atoms with Gasteiger partial charge in [-0.15, -0.1) is 0 Å². The van der Waals surface area contributed by atoms with Gasteiger partial charge in [-0.1, -0.05) is 12.1 Å². The highest BCUT2D eigenvalue weighted by molar-refractivity contribution is 5.70. The Balaban J connectivity index is 2.40. The highest BCUT2D eigenvalue weighted by Crippen LogP contribution is 2.31. The van der Waals surface area contributed by atoms with Gasteiger partial charge in [0.25, 0.3) is 0 Å². The molecule has 21 heavy (non-hydrogen) atoms. The lowest BCUT2D eigenvalue weighted by Crippen LogP contribution is -2.12. The summed E-state index contributed by atoms with van der Waals surface area (Å²) in [6.07, 6.45) is 1.08. The fourth-order valence-corrected chi connectivity index (χ4v) is 1.65. The Morgan fingerprint density at radius 3 is 2.86 bits per heavy atom. The zero-order valence-electron chi connectivity index (χ0n) is 11.2. The Labute approximate surface area is 120 Å². The van der Waals surface area contributed by atoms with Crippen LogP contribution in [0.5, 0.6) is 5.75 Å². The first-order chi connectivity index (χ1) is 10.2. The molecule has 9 heteroatoms. The molecule has 0 atom stereocenters. The quantitative estimate of drug-likeness (QED) is 0.417. The molecule has 1 heterocycles. The van der Waals surface area contributed by atoms with Crippen LogP contribution in [0.1, 0.15) is 6.92 Å². The highest BCUT2D eigenvalue weighted by atomic mass is 16.6. The zero-order valence-corrected chi connectivity index (χ0v) is 11.2. The normalized spacial score (nSPS) is 10.0. The van der Waals surface area contributed by atoms with Crippen molar-refractivity contribution < 1.29 is 9.66 Å². The number of nitrogens with zero attached hydrogens (tertiary/aromatic N) is 3. The molecule has 4 N–H and O–H groups in total. The molecule has 0 radical (unpaired) electrons. The van der Waals surface area contributed by atoms with Gasteiger partial charge < -0.3 is 10.1 Å². The van der Waals surface area contributed by atoms with E-state index in [4.69, 9.17) is 10.6 Å². The first-order valence-corrected chi connectivity index (χ1v) is 6.12. The van der Waals surface area contributed by atoms with Gasteiger partial charge in [-0.2, -0.15) is 4.98 Å². The second-order valence-electron chi connectivity index (χ2n) is 3.88. The van der Waals surface area contributed by atoms with Crippen LogP contribution in [0.2, 0.25) is 0 Å². The van der Waals surface area contributed by atoms with Crippen LogP contribution in [0.3, 0.4) is 0 Å². The van der Waals surface area contributed by atoms with E-state index >= 15 is 0 Å². The van der Waals surface area contributed by atoms with E-state index in [2.05, 4.69) is 20.7 Å². The SMILES string of the molecule is CCOc1ccccc1Nc1nc(NN)ncc1[N+](=O)[O-]. The van der Waals surface area contributed by atoms with E-state index in [-0.39, 0.29) is 17.5 Å². The van der Waals surface area contributed by atoms with Crippen LogP contribution < -0.4 is 21.3 Å². The number of aromatic nitrogens is 2. The minimum Gasteiger partial charge on any atom is -0.492 e. The van der Waals surface area contributed by atoms with Crippen molar-refractivity contribution in [2.45, 2.75) is 6.92 Å². The van der Waals surface area contributed by atoms with Crippen LogP contribution in [0.4, 0.5) is 23.1 Å². The Morgan fingerprint density at radius 2 is 2.19 bits per heavy atom. The van der Waals surface area contributed by atoms with Crippen molar-refractivity contribution >= 4 is 23.1 Å². The van der Waals surface area contributed by atoms with Gasteiger partial charge in [0.2, 0.25) is 11.8 Å². The second kappa shape index (κ2) is 6.48. The van der Waals surface area contributed by atoms with Crippen LogP contribution in [0, 0.1) is 10.1 Å². The molecule has 0 amide bonds. The lowest BCUT2D eigenvalue weighted by molar-refractivity contribution is -0.384. The van der Waals surface area contributed by atoms with E-state index in [1.54, 1.807) is 24.3 Å². The monoisotopic (exact) mass is 290 g/mol. The standard InChI is InChI=1S/C12H14N6O3/c1-2-21-10-6-4-3-5-8(10)15-11-9(18(19)20)7-14-12(16-11)17-13/h3-7H,2,13H2,1H3,(H2,14,15,16,17). The lowest BCUT2D eigenvalue weighted by atomic mass is 10.3. The largest absolute Gasteiger partial charge is 0.492 e. The molecule has 0 aliphatic carbocycles. The molecule has 0 unspecified atom stereocenters. The van der Waals surface area contributed by atoms with Crippen LogP contribution in [0.25, 0.3) is 0 Å². The van der Waals surface area contributed by atoms with Gasteiger partial charge in [0.05, 0.1) is 17.2 Å². The van der Waals surface area contributed by atoms with Crippen LogP contribution in [0.15, 0.2) is 30.5 Å². The van der Waals surface area contributed by atoms with E-state index in [0.29, 0.717) is 18.0 Å². The van der Waals surface area contributed by atoms with Gasteiger partial charge in [0, 0.05) is 0 Å². The Hall–Kier alpha value is -2.94. The number of hydrogen-bond acceptors (Lipinski definition) is 8. The van der Waals surface area contributed by atoms with Crippen molar-refractivity contribution in [1.82, 2.24) is 9.97 Å². The molecule has 9 nitrogen and oxygen atoms in total. The number of hydrazine groups is 1. The predicted octanol–water partition coefficient (Wildman–Crippen LogP) is 1.81. The average molecular weight is 290 g/mol. The maximum atomic E-state index is 11.0. The van der Waals surface area contributed by atoms with E-state index in [1.807, 2.05) is 6.92 Å². The molecule has 0 fully saturated rings. The molecule has 0 aliphatic heterocycles. The summed E-state index contributed by atoms with van der Waals surface area (Å²) in [6.45, 7) is 2.32. The molecular formula is C12H14N6O3. The third-order valence-corrected chi connectivity index (χ3v) is 2.54. The molecule has 0 bridgehead atoms. The third-order valence-electron chi connectivity index (χ3n) is 2.54. The lowest BCUT2D eigenvalue weighted by Gasteiger charge is -2.12. The number of nitrogen functional groups attached to an aromatic ring is 1. The van der Waals surface area contributed by atoms with Gasteiger partial charge in [-0.05, 0) is 19.1 Å². The third kappa shape index (κ3) is 3.34. The number of rotatable bonds is 6. The number of nitrogens with two attached hydrogens (primary N) is 1. The molecule has 2 aromatic rings. The van der Waals surface area contributed by atoms with Crippen molar-refractivity contribution in [1.29, 1.82) is 0 Å². The van der Waals surface area contributed by atoms with Gasteiger partial charge >= 0.3 is 5.69 Å². The summed E-state index contributed by atoms with van der Waals surface area (Å²) in [5.41, 5.74) is 2.54. The zero-order chi connectivity index (χ0) is 15.2. The van der Waals surface area contributed by atoms with Gasteiger partial charge in [-0.25, -0.2) is 10.8 Å². The molecular weight excluding hydrogens is 276 g/mol. The molecule has 0 saturated carbocycles. The van der Waals surface area contributed by atoms with Crippen LogP contribution in [-0.4, -0.2) is 21.5 Å². The van der Waals surface area contributed by atoms with Gasteiger partial charge in [0.15, 0.2) is 0 Å². The van der Waals surface area contributed by atoms with E-state index in [9.17, 15) is 10.1 Å². The fourth-order valence-electron chi connectivity index (χ4n) is 1.65. The van der Waals surface area contributed by atoms with Crippen LogP contribution >= 0.6 is 0 Å². The second-order valence-corrected chi connectivity index (χ2v) is 3.88. The summed E-state index contributed by atoms with van der Waals surface area (Å²) in [4.78, 5) is 18.1. The van der Waals surface area contributed by atoms with Gasteiger partial charge in [0.1, 0.15) is 11.9 Å². The molecule has 0 spiro atoms. The summed E-state index contributed by atoms with van der Waals surface area (Å²) in [6, 6.07) is 7.06. The number of nitro groups is 1. The predicted molar refractivity (Wildman–Crippen MR) is 77.4 cm³/mol. The summed E-state index contributed by atoms with van der Waals surface area (Å²) >= 11 is 0. The summed E-state index contributed by atoms with van der Waals surface area (Å²) in [5, 5.41) is 13.9. The molecule has 0 saturated heterocycles. The number of para-hydroxylation sites is 2. The Kier molecular flexibility index (Phi) is 4.46. The number of nitrogens with one attached hydrogen (secondary N) is 2. The van der Waals surface area contributed by atoms with Crippen molar-refractivity contribution in [2.24, 2.45) is 5.84 Å². The minimum absolute atomic E-state index is 0.0232. The first kappa shape index (κ1) is 14.5. The fraction of sp³-hybridized carbons (Fsp3) is 0.167. The molecule has 2 rings (SSSR count). The van der Waals surface area contributed by atoms with Crippen molar-refractivity contribution in [3.05, 3.63) is 40.6 Å². The number of benzene rings is 1. The summed E-state index contributed by atoms with van der Waals surface area (Å²) < 4.78 is 5.45. The summed E-state index contributed by atoms with van der Waals surface area (Å²) in [5.74, 6) is 5.87. The molecule has 1 aromatic heterocycles. The van der Waals surface area contributed by atoms with Gasteiger partial charge in [-0.3, -0.25) is 15.5 Å². The molecule has 1 aromatic carbocycles. The molecule has 110 valence electrons. The smallest absolute Gasteiger partial charge is 0.329 e. The number of anilines is 3. The maximum Gasteiger partial charge on any atom is 0.329 e. The van der Waals surface area contributed by atoms with Crippen molar-refractivity contribution in [3.63, 3.8) is 0 Å². The van der Waals surface area contributed by atoms with Crippen molar-refractivity contribution in [3.8, 4) is 5.75 Å². The average Bonchev–Trinajstić information content (AvgIpc) is 2.49. The number of ether oxygens (including phenoxy) is 1. The van der Waals surface area contributed by atoms with Crippen LogP contribution in [-0.2, 0) is 0 Å². The number of hydrogen-bond donors (Lipinski definition) is 3. The summed E-state index contributed by atoms with van der Waals surface area (Å²) in [7, 11) is 0. The van der Waals surface area contributed by atoms with E-state index in [1.165, 1.54) is 0 Å². The van der Waals surface area contributed by atoms with E-state index < -0.39 is 4.92 Å².